The fraction of sp³-hybridized carbons (Fsp3) is 1.00. The van der Waals surface area contributed by atoms with Gasteiger partial charge in [-0.2, -0.15) is 0 Å². The Hall–Kier alpha value is 2.03. The molecule has 0 heterocycles. The van der Waals surface area contributed by atoms with Crippen molar-refractivity contribution in [2.75, 3.05) is 0 Å². The van der Waals surface area contributed by atoms with Crippen LogP contribution in [0.4, 0.5) is 0 Å². The number of rotatable bonds is 3. The minimum Gasteiger partial charge on any atom is -0.0981 e. The first-order chi connectivity index (χ1) is 5.56. The molecule has 0 atom stereocenters. The van der Waals surface area contributed by atoms with E-state index in [1.165, 1.54) is 0 Å². The van der Waals surface area contributed by atoms with E-state index in [1.807, 2.05) is 6.92 Å². The van der Waals surface area contributed by atoms with E-state index in [4.69, 9.17) is 81.2 Å². The Bertz CT molecular complexity index is 168. The molecule has 0 fully saturated rings. The van der Waals surface area contributed by atoms with E-state index >= 15 is 0 Å². The summed E-state index contributed by atoms with van der Waals surface area (Å²) in [6.07, 6.45) is 1.01. The summed E-state index contributed by atoms with van der Waals surface area (Å²) in [5.41, 5.74) is 0. The van der Waals surface area contributed by atoms with E-state index in [9.17, 15) is 0 Å². The Balaban J connectivity index is 4.81. The minimum atomic E-state index is -1.94. The standard InChI is InChI=1S/C6H7Cl7/c1-2-3-4(7,8)5(9,10)6(11,12)13/h2-3H2,1H3. The lowest BCUT2D eigenvalue weighted by Gasteiger charge is -2.37. The Kier molecular flexibility index (Phi) is 5.67. The summed E-state index contributed by atoms with van der Waals surface area (Å²) in [5.74, 6) is 0. The molecule has 0 aromatic carbocycles. The molecule has 80 valence electrons. The van der Waals surface area contributed by atoms with Gasteiger partial charge in [0, 0.05) is 0 Å². The van der Waals surface area contributed by atoms with Crippen molar-refractivity contribution in [2.24, 2.45) is 0 Å². The number of halogens is 7. The van der Waals surface area contributed by atoms with Crippen LogP contribution in [-0.4, -0.2) is 12.5 Å². The molecule has 0 spiro atoms. The topological polar surface area (TPSA) is 0 Å². The van der Waals surface area contributed by atoms with Crippen LogP contribution in [0.1, 0.15) is 19.8 Å². The molecule has 0 bridgehead atoms. The van der Waals surface area contributed by atoms with E-state index in [1.54, 1.807) is 0 Å². The van der Waals surface area contributed by atoms with Crippen LogP contribution >= 0.6 is 81.2 Å². The van der Waals surface area contributed by atoms with E-state index in [0.717, 1.165) is 0 Å². The van der Waals surface area contributed by atoms with Crippen LogP contribution in [-0.2, 0) is 0 Å². The highest BCUT2D eigenvalue weighted by atomic mass is 35.6. The van der Waals surface area contributed by atoms with E-state index in [2.05, 4.69) is 0 Å². The van der Waals surface area contributed by atoms with Crippen molar-refractivity contribution in [3.63, 3.8) is 0 Å². The number of alkyl halides is 7. The Morgan fingerprint density at radius 1 is 0.846 bits per heavy atom. The summed E-state index contributed by atoms with van der Waals surface area (Å²) in [6.45, 7) is 1.86. The number of hydrogen-bond donors (Lipinski definition) is 0. The molecule has 0 aromatic heterocycles. The highest BCUT2D eigenvalue weighted by Crippen LogP contribution is 2.57. The fourth-order valence-electron chi connectivity index (χ4n) is 0.678. The molecule has 0 aliphatic carbocycles. The molecule has 0 saturated carbocycles. The van der Waals surface area contributed by atoms with Gasteiger partial charge in [0.15, 0.2) is 8.67 Å². The Morgan fingerprint density at radius 3 is 1.46 bits per heavy atom. The molecule has 0 aliphatic rings. The lowest BCUT2D eigenvalue weighted by molar-refractivity contribution is 0.601. The molecule has 13 heavy (non-hydrogen) atoms. The van der Waals surface area contributed by atoms with Crippen molar-refractivity contribution in [3.05, 3.63) is 0 Å². The van der Waals surface area contributed by atoms with E-state index in [0.29, 0.717) is 12.8 Å². The van der Waals surface area contributed by atoms with Crippen LogP contribution in [0.5, 0.6) is 0 Å². The van der Waals surface area contributed by atoms with Crippen molar-refractivity contribution < 1.29 is 0 Å². The van der Waals surface area contributed by atoms with Gasteiger partial charge in [-0.15, -0.1) is 0 Å². The van der Waals surface area contributed by atoms with Crippen LogP contribution in [0.2, 0.25) is 0 Å². The molecular weight excluding hydrogens is 320 g/mol. The highest BCUT2D eigenvalue weighted by molar-refractivity contribution is 6.78. The first-order valence-corrected chi connectivity index (χ1v) is 6.03. The maximum Gasteiger partial charge on any atom is 0.226 e. The summed E-state index contributed by atoms with van der Waals surface area (Å²) in [7, 11) is 0. The van der Waals surface area contributed by atoms with Gasteiger partial charge in [-0.3, -0.25) is 0 Å². The second-order valence-electron chi connectivity index (χ2n) is 2.53. The Labute approximate surface area is 113 Å². The van der Waals surface area contributed by atoms with Gasteiger partial charge in [0.25, 0.3) is 0 Å². The average Bonchev–Trinajstić information content (AvgIpc) is 1.84. The summed E-state index contributed by atoms with van der Waals surface area (Å²) in [6, 6.07) is 0. The molecule has 0 aromatic rings. The predicted molar refractivity (Wildman–Crippen MR) is 64.1 cm³/mol. The van der Waals surface area contributed by atoms with Crippen molar-refractivity contribution >= 4 is 81.2 Å². The summed E-state index contributed by atoms with van der Waals surface area (Å²) in [5, 5.41) is 0. The zero-order chi connectivity index (χ0) is 10.9. The summed E-state index contributed by atoms with van der Waals surface area (Å²) in [4.78, 5) is 0. The Morgan fingerprint density at radius 2 is 1.23 bits per heavy atom. The first kappa shape index (κ1) is 15.0. The minimum absolute atomic E-state index is 0.330. The van der Waals surface area contributed by atoms with Gasteiger partial charge in [-0.05, 0) is 6.42 Å². The number of hydrogen-bond acceptors (Lipinski definition) is 0. The monoisotopic (exact) mass is 324 g/mol. The lowest BCUT2D eigenvalue weighted by Crippen LogP contribution is -2.46. The van der Waals surface area contributed by atoms with Crippen LogP contribution in [0, 0.1) is 0 Å². The first-order valence-electron chi connectivity index (χ1n) is 3.38. The molecule has 0 aliphatic heterocycles. The van der Waals surface area contributed by atoms with E-state index in [-0.39, 0.29) is 0 Å². The molecular formula is C6H7Cl7. The van der Waals surface area contributed by atoms with Crippen molar-refractivity contribution in [1.82, 2.24) is 0 Å². The normalized spacial score (nSPS) is 14.8. The van der Waals surface area contributed by atoms with Crippen LogP contribution < -0.4 is 0 Å². The van der Waals surface area contributed by atoms with Crippen LogP contribution in [0.15, 0.2) is 0 Å². The van der Waals surface area contributed by atoms with Crippen molar-refractivity contribution in [1.29, 1.82) is 0 Å². The average molecular weight is 327 g/mol. The molecule has 0 radical (unpaired) electrons. The van der Waals surface area contributed by atoms with Crippen LogP contribution in [0.3, 0.4) is 0 Å². The second-order valence-corrected chi connectivity index (χ2v) is 7.62. The zero-order valence-corrected chi connectivity index (χ0v) is 11.9. The maximum atomic E-state index is 5.86. The molecule has 0 nitrogen and oxygen atoms in total. The van der Waals surface area contributed by atoms with E-state index < -0.39 is 12.5 Å². The molecule has 0 N–H and O–H groups in total. The van der Waals surface area contributed by atoms with Crippen molar-refractivity contribution in [2.45, 2.75) is 32.2 Å². The van der Waals surface area contributed by atoms with Gasteiger partial charge in [-0.25, -0.2) is 0 Å². The molecule has 7 heteroatoms. The largest absolute Gasteiger partial charge is 0.226 e. The maximum absolute atomic E-state index is 5.86. The zero-order valence-electron chi connectivity index (χ0n) is 6.56. The van der Waals surface area contributed by atoms with Gasteiger partial charge < -0.3 is 0 Å². The third kappa shape index (κ3) is 3.52. The van der Waals surface area contributed by atoms with Gasteiger partial charge in [-0.1, -0.05) is 94.6 Å². The molecule has 0 unspecified atom stereocenters. The summed E-state index contributed by atoms with van der Waals surface area (Å²) >= 11 is 39.9. The molecule has 0 saturated heterocycles. The fourth-order valence-corrected chi connectivity index (χ4v) is 2.30. The van der Waals surface area contributed by atoms with Gasteiger partial charge in [0.2, 0.25) is 3.79 Å². The SMILES string of the molecule is CCCC(Cl)(Cl)C(Cl)(Cl)C(Cl)(Cl)Cl. The molecule has 0 amide bonds. The van der Waals surface area contributed by atoms with Gasteiger partial charge >= 0.3 is 0 Å². The van der Waals surface area contributed by atoms with Gasteiger partial charge in [0.05, 0.1) is 0 Å². The highest BCUT2D eigenvalue weighted by Gasteiger charge is 2.59. The lowest BCUT2D eigenvalue weighted by atomic mass is 10.2. The second kappa shape index (κ2) is 4.91. The van der Waals surface area contributed by atoms with Crippen LogP contribution in [0.25, 0.3) is 0 Å². The quantitative estimate of drug-likeness (QED) is 0.600. The van der Waals surface area contributed by atoms with Gasteiger partial charge in [0.1, 0.15) is 0 Å². The summed E-state index contributed by atoms with van der Waals surface area (Å²) < 4.78 is -5.27. The third-order valence-corrected chi connectivity index (χ3v) is 5.35. The molecule has 0 rings (SSSR count). The van der Waals surface area contributed by atoms with Crippen molar-refractivity contribution in [3.8, 4) is 0 Å². The third-order valence-electron chi connectivity index (χ3n) is 1.38. The predicted octanol–water partition coefficient (Wildman–Crippen LogP) is 5.50. The smallest absolute Gasteiger partial charge is 0.0981 e.